The van der Waals surface area contributed by atoms with Crippen LogP contribution in [0.2, 0.25) is 0 Å². The average molecular weight is 752 g/mol. The van der Waals surface area contributed by atoms with Crippen LogP contribution in [-0.4, -0.2) is 139 Å². The van der Waals surface area contributed by atoms with Crippen LogP contribution in [0.3, 0.4) is 0 Å². The van der Waals surface area contributed by atoms with E-state index >= 15 is 0 Å². The second-order valence-corrected chi connectivity index (χ2v) is 14.6. The molecule has 2 unspecified atom stereocenters. The summed E-state index contributed by atoms with van der Waals surface area (Å²) in [5, 5.41) is 12.0. The Bertz CT molecular complexity index is 1580. The van der Waals surface area contributed by atoms with Gasteiger partial charge in [0, 0.05) is 51.7 Å². The first-order chi connectivity index (χ1) is 25.1. The van der Waals surface area contributed by atoms with Crippen LogP contribution < -0.4 is 10.1 Å². The highest BCUT2D eigenvalue weighted by Crippen LogP contribution is 2.35. The van der Waals surface area contributed by atoms with E-state index in [1.165, 1.54) is 16.5 Å². The molecule has 0 bridgehead atoms. The molecule has 1 aliphatic carbocycles. The number of aryl methyl sites for hydroxylation is 1. The Morgan fingerprint density at radius 1 is 0.925 bits per heavy atom. The van der Waals surface area contributed by atoms with E-state index in [1.54, 1.807) is 44.5 Å². The zero-order valence-corrected chi connectivity index (χ0v) is 31.8. The van der Waals surface area contributed by atoms with Crippen LogP contribution in [0.5, 0.6) is 5.75 Å². The maximum Gasteiger partial charge on any atom is 0.410 e. The molecule has 2 atom stereocenters. The summed E-state index contributed by atoms with van der Waals surface area (Å²) >= 11 is 0. The van der Waals surface area contributed by atoms with E-state index in [1.807, 2.05) is 0 Å². The molecule has 1 aliphatic heterocycles. The zero-order chi connectivity index (χ0) is 38.9. The molecule has 14 nitrogen and oxygen atoms in total. The van der Waals surface area contributed by atoms with Gasteiger partial charge < -0.3 is 43.7 Å². The highest BCUT2D eigenvalue weighted by molar-refractivity contribution is 6.04. The standard InChI is InChI=1S/C37H55F2N5O9/c1-24(41(5)36(49)53-37(2,3)4)33(46)40-30(25-10-8-7-9-11-25)34(47)43-12-14-44(15-13-43)35(48)31-32(52-21-20-51-19-18-50-17-16-45)26-22-27(38)28(39)23-29(26)42(31)6/h22-25,30,45H,7-21H2,1-6H3,(H,40,46). The van der Waals surface area contributed by atoms with Crippen molar-refractivity contribution in [1.82, 2.24) is 24.6 Å². The molecule has 1 aromatic heterocycles. The SMILES string of the molecule is CC(C(=O)NC(C(=O)N1CCN(C(=O)c2c(OCCOCCOCCO)c3cc(F)c(F)cc3n2C)CC1)C1CCCCC1)N(C)C(=O)OC(C)(C)C. The zero-order valence-electron chi connectivity index (χ0n) is 31.8. The van der Waals surface area contributed by atoms with Crippen LogP contribution in [0.25, 0.3) is 10.9 Å². The van der Waals surface area contributed by atoms with Gasteiger partial charge >= 0.3 is 6.09 Å². The maximum absolute atomic E-state index is 14.4. The van der Waals surface area contributed by atoms with Crippen LogP contribution in [0.4, 0.5) is 13.6 Å². The maximum atomic E-state index is 14.4. The number of fused-ring (bicyclic) bond motifs is 1. The number of likely N-dealkylation sites (N-methyl/N-ethyl adjacent to an activating group) is 1. The van der Waals surface area contributed by atoms with Gasteiger partial charge in [-0.25, -0.2) is 13.6 Å². The Morgan fingerprint density at radius 3 is 2.13 bits per heavy atom. The molecule has 296 valence electrons. The summed E-state index contributed by atoms with van der Waals surface area (Å²) in [5.41, 5.74) is -0.366. The van der Waals surface area contributed by atoms with E-state index in [-0.39, 0.29) is 100.0 Å². The van der Waals surface area contributed by atoms with Gasteiger partial charge in [0.1, 0.15) is 24.3 Å². The number of rotatable bonds is 15. The molecule has 2 fully saturated rings. The molecule has 1 saturated carbocycles. The lowest BCUT2D eigenvalue weighted by atomic mass is 9.83. The van der Waals surface area contributed by atoms with Crippen molar-refractivity contribution in [2.24, 2.45) is 13.0 Å². The van der Waals surface area contributed by atoms with Gasteiger partial charge in [-0.2, -0.15) is 0 Å². The van der Waals surface area contributed by atoms with Crippen molar-refractivity contribution in [3.05, 3.63) is 29.5 Å². The number of piperazine rings is 1. The first-order valence-electron chi connectivity index (χ1n) is 18.3. The van der Waals surface area contributed by atoms with Gasteiger partial charge in [0.05, 0.1) is 38.6 Å². The lowest BCUT2D eigenvalue weighted by molar-refractivity contribution is -0.140. The molecule has 2 aliphatic rings. The molecule has 2 aromatic rings. The number of nitrogens with one attached hydrogen (secondary N) is 1. The first kappa shape index (κ1) is 41.7. The molecular formula is C37H55F2N5O9. The number of aromatic nitrogens is 1. The fourth-order valence-corrected chi connectivity index (χ4v) is 6.64. The van der Waals surface area contributed by atoms with Gasteiger partial charge in [-0.15, -0.1) is 0 Å². The van der Waals surface area contributed by atoms with Crippen LogP contribution >= 0.6 is 0 Å². The quantitative estimate of drug-likeness (QED) is 0.261. The van der Waals surface area contributed by atoms with E-state index in [4.69, 9.17) is 24.1 Å². The molecule has 4 rings (SSSR count). The highest BCUT2D eigenvalue weighted by atomic mass is 19.2. The predicted molar refractivity (Wildman–Crippen MR) is 192 cm³/mol. The molecule has 1 saturated heterocycles. The van der Waals surface area contributed by atoms with Crippen LogP contribution in [0.1, 0.15) is 70.3 Å². The number of aliphatic hydroxyl groups is 1. The number of hydrogen-bond donors (Lipinski definition) is 2. The molecule has 2 heterocycles. The van der Waals surface area contributed by atoms with Crippen LogP contribution in [0, 0.1) is 17.6 Å². The number of hydrogen-bond acceptors (Lipinski definition) is 9. The van der Waals surface area contributed by atoms with Crippen LogP contribution in [0.15, 0.2) is 12.1 Å². The summed E-state index contributed by atoms with van der Waals surface area (Å²) in [6.07, 6.45) is 3.84. The number of halogens is 2. The lowest BCUT2D eigenvalue weighted by Crippen LogP contribution is -2.59. The Kier molecular flexibility index (Phi) is 14.8. The fraction of sp³-hybridized carbons (Fsp3) is 0.676. The summed E-state index contributed by atoms with van der Waals surface area (Å²) < 4.78 is 52.3. The molecule has 4 amide bonds. The molecule has 16 heteroatoms. The number of carbonyl (C=O) groups is 4. The van der Waals surface area contributed by atoms with Crippen molar-refractivity contribution in [2.75, 3.05) is 72.9 Å². The predicted octanol–water partition coefficient (Wildman–Crippen LogP) is 3.47. The number of amides is 4. The van der Waals surface area contributed by atoms with Crippen molar-refractivity contribution in [3.63, 3.8) is 0 Å². The molecule has 0 spiro atoms. The van der Waals surface area contributed by atoms with Crippen LogP contribution in [-0.2, 0) is 30.8 Å². The molecule has 2 N–H and O–H groups in total. The largest absolute Gasteiger partial charge is 0.488 e. The van der Waals surface area contributed by atoms with Gasteiger partial charge in [0.15, 0.2) is 23.1 Å². The average Bonchev–Trinajstić information content (AvgIpc) is 3.39. The smallest absolute Gasteiger partial charge is 0.410 e. The minimum Gasteiger partial charge on any atom is -0.488 e. The van der Waals surface area contributed by atoms with E-state index in [2.05, 4.69) is 5.32 Å². The minimum absolute atomic E-state index is 0.0150. The van der Waals surface area contributed by atoms with Gasteiger partial charge in [0.25, 0.3) is 5.91 Å². The Balaban J connectivity index is 1.45. The van der Waals surface area contributed by atoms with Gasteiger partial charge in [-0.05, 0) is 52.5 Å². The second-order valence-electron chi connectivity index (χ2n) is 14.6. The fourth-order valence-electron chi connectivity index (χ4n) is 6.64. The first-order valence-corrected chi connectivity index (χ1v) is 18.3. The third-order valence-electron chi connectivity index (χ3n) is 9.68. The van der Waals surface area contributed by atoms with E-state index < -0.39 is 47.2 Å². The second kappa shape index (κ2) is 18.8. The Labute approximate surface area is 309 Å². The van der Waals surface area contributed by atoms with E-state index in [0.717, 1.165) is 44.2 Å². The van der Waals surface area contributed by atoms with Crippen molar-refractivity contribution in [2.45, 2.75) is 77.5 Å². The molecule has 0 radical (unpaired) electrons. The number of aliphatic hydroxyl groups excluding tert-OH is 1. The summed E-state index contributed by atoms with van der Waals surface area (Å²) in [5.74, 6) is -3.27. The number of ether oxygens (including phenoxy) is 4. The minimum atomic E-state index is -1.08. The van der Waals surface area contributed by atoms with E-state index in [0.29, 0.717) is 0 Å². The van der Waals surface area contributed by atoms with Crippen molar-refractivity contribution in [3.8, 4) is 5.75 Å². The highest BCUT2D eigenvalue weighted by Gasteiger charge is 2.38. The third kappa shape index (κ3) is 10.8. The number of nitrogens with zero attached hydrogens (tertiary/aromatic N) is 4. The topological polar surface area (TPSA) is 152 Å². The van der Waals surface area contributed by atoms with Crippen molar-refractivity contribution >= 4 is 34.7 Å². The Hall–Kier alpha value is -4.02. The van der Waals surface area contributed by atoms with Crippen molar-refractivity contribution in [1.29, 1.82) is 0 Å². The number of benzene rings is 1. The summed E-state index contributed by atoms with van der Waals surface area (Å²) in [7, 11) is 3.06. The third-order valence-corrected chi connectivity index (χ3v) is 9.68. The summed E-state index contributed by atoms with van der Waals surface area (Å²) in [6.45, 7) is 8.32. The number of carbonyl (C=O) groups excluding carboxylic acids is 4. The monoisotopic (exact) mass is 751 g/mol. The Morgan fingerprint density at radius 2 is 1.51 bits per heavy atom. The molecule has 53 heavy (non-hydrogen) atoms. The molecular weight excluding hydrogens is 696 g/mol. The normalized spacial score (nSPS) is 16.7. The summed E-state index contributed by atoms with van der Waals surface area (Å²) in [4.78, 5) is 58.7. The van der Waals surface area contributed by atoms with Gasteiger partial charge in [-0.3, -0.25) is 19.3 Å². The molecule has 1 aromatic carbocycles. The van der Waals surface area contributed by atoms with Crippen molar-refractivity contribution < 1.29 is 52.0 Å². The van der Waals surface area contributed by atoms with Gasteiger partial charge in [0.2, 0.25) is 11.8 Å². The lowest BCUT2D eigenvalue weighted by Gasteiger charge is -2.39. The summed E-state index contributed by atoms with van der Waals surface area (Å²) in [6, 6.07) is 0.329. The van der Waals surface area contributed by atoms with Gasteiger partial charge in [-0.1, -0.05) is 19.3 Å². The van der Waals surface area contributed by atoms with E-state index in [9.17, 15) is 28.0 Å².